The van der Waals surface area contributed by atoms with Gasteiger partial charge in [0.05, 0.1) is 6.61 Å². The van der Waals surface area contributed by atoms with Crippen LogP contribution in [0.5, 0.6) is 0 Å². The highest BCUT2D eigenvalue weighted by Crippen LogP contribution is 2.33. The molecule has 0 aliphatic rings. The summed E-state index contributed by atoms with van der Waals surface area (Å²) in [5.74, 6) is -3.52. The smallest absolute Gasteiger partial charge is 0.206 e. The number of Topliss-reactive ketones (excluding diaryl/α,β-unsaturated/α-hetero) is 4. The molecule has 51 heavy (non-hydrogen) atoms. The van der Waals surface area contributed by atoms with Gasteiger partial charge in [0.1, 0.15) is 12.2 Å². The summed E-state index contributed by atoms with van der Waals surface area (Å²) in [6, 6.07) is 0. The van der Waals surface area contributed by atoms with E-state index in [1.807, 2.05) is 6.92 Å². The van der Waals surface area contributed by atoms with E-state index in [1.54, 1.807) is 0 Å². The molecule has 0 aromatic rings. The highest BCUT2D eigenvalue weighted by molar-refractivity contribution is 6.39. The second kappa shape index (κ2) is 34.3. The molecule has 2 unspecified atom stereocenters. The average Bonchev–Trinajstić information content (AvgIpc) is 3.13. The van der Waals surface area contributed by atoms with Crippen LogP contribution in [0, 0.1) is 5.41 Å². The highest BCUT2D eigenvalue weighted by atomic mass is 16.4. The van der Waals surface area contributed by atoms with Gasteiger partial charge in [0, 0.05) is 19.3 Å². The molecule has 0 bridgehead atoms. The molecule has 0 rings (SSSR count). The largest absolute Gasteiger partial charge is 0.394 e. The number of carbonyl (C=O) groups is 4. The van der Waals surface area contributed by atoms with Crippen LogP contribution in [-0.2, 0) is 19.2 Å². The summed E-state index contributed by atoms with van der Waals surface area (Å²) in [5, 5.41) is 30.4. The molecule has 0 radical (unpaired) electrons. The quantitative estimate of drug-likeness (QED) is 0.0424. The molecule has 0 fully saturated rings. The van der Waals surface area contributed by atoms with Crippen molar-refractivity contribution >= 4 is 23.1 Å². The molecular formula is C44H82O7. The number of aliphatic hydroxyl groups excluding tert-OH is 3. The van der Waals surface area contributed by atoms with E-state index in [1.165, 1.54) is 103 Å². The van der Waals surface area contributed by atoms with E-state index in [2.05, 4.69) is 13.8 Å². The maximum Gasteiger partial charge on any atom is 0.206 e. The normalized spacial score (nSPS) is 13.0. The SMILES string of the molecule is CCCCCCCCCCCCCCCC(=O)C(C(=O)CCCCCC)(C(=O)CCCCCCCCCCCCCCC)C(=O)C(O)C(O)CO. The molecule has 0 aromatic carbocycles. The fraction of sp³-hybridized carbons (Fsp3) is 0.909. The van der Waals surface area contributed by atoms with Crippen molar-refractivity contribution in [3.63, 3.8) is 0 Å². The van der Waals surface area contributed by atoms with Crippen LogP contribution in [0.3, 0.4) is 0 Å². The predicted molar refractivity (Wildman–Crippen MR) is 211 cm³/mol. The molecule has 0 saturated heterocycles. The van der Waals surface area contributed by atoms with Gasteiger partial charge in [-0.05, 0) is 19.3 Å². The van der Waals surface area contributed by atoms with Crippen LogP contribution in [0.25, 0.3) is 0 Å². The van der Waals surface area contributed by atoms with Crippen molar-refractivity contribution in [3.05, 3.63) is 0 Å². The van der Waals surface area contributed by atoms with Crippen molar-refractivity contribution in [2.45, 2.75) is 245 Å². The van der Waals surface area contributed by atoms with Crippen molar-refractivity contribution in [1.29, 1.82) is 0 Å². The van der Waals surface area contributed by atoms with Gasteiger partial charge in [-0.3, -0.25) is 19.2 Å². The maximum absolute atomic E-state index is 14.0. The van der Waals surface area contributed by atoms with Gasteiger partial charge in [-0.2, -0.15) is 0 Å². The van der Waals surface area contributed by atoms with Crippen molar-refractivity contribution in [2.75, 3.05) is 6.61 Å². The van der Waals surface area contributed by atoms with Crippen molar-refractivity contribution in [2.24, 2.45) is 5.41 Å². The van der Waals surface area contributed by atoms with Gasteiger partial charge < -0.3 is 15.3 Å². The second-order valence-corrected chi connectivity index (χ2v) is 15.4. The first-order valence-electron chi connectivity index (χ1n) is 21.9. The van der Waals surface area contributed by atoms with Gasteiger partial charge in [-0.1, -0.05) is 194 Å². The van der Waals surface area contributed by atoms with E-state index in [9.17, 15) is 34.5 Å². The summed E-state index contributed by atoms with van der Waals surface area (Å²) >= 11 is 0. The zero-order valence-electron chi connectivity index (χ0n) is 33.7. The fourth-order valence-electron chi connectivity index (χ4n) is 7.26. The van der Waals surface area contributed by atoms with Crippen LogP contribution in [0.15, 0.2) is 0 Å². The van der Waals surface area contributed by atoms with E-state index in [0.29, 0.717) is 19.3 Å². The lowest BCUT2D eigenvalue weighted by Gasteiger charge is -2.31. The summed E-state index contributed by atoms with van der Waals surface area (Å²) in [5.41, 5.74) is -2.62. The van der Waals surface area contributed by atoms with Gasteiger partial charge in [0.2, 0.25) is 5.41 Å². The minimum Gasteiger partial charge on any atom is -0.394 e. The number of carbonyl (C=O) groups excluding carboxylic acids is 4. The van der Waals surface area contributed by atoms with Crippen molar-refractivity contribution < 1.29 is 34.5 Å². The standard InChI is InChI=1S/C44H82O7/c1-4-7-10-13-15-17-19-21-23-25-27-29-32-35-40(48)44(39(47)34-31-12-9-6-3,43(51)42(50)38(46)37-45)41(49)36-33-30-28-26-24-22-20-18-16-14-11-8-5-2/h38,42,45-46,50H,4-37H2,1-3H3. The van der Waals surface area contributed by atoms with Crippen LogP contribution in [0.4, 0.5) is 0 Å². The van der Waals surface area contributed by atoms with Crippen molar-refractivity contribution in [3.8, 4) is 0 Å². The molecule has 2 atom stereocenters. The molecule has 3 N–H and O–H groups in total. The van der Waals surface area contributed by atoms with Crippen molar-refractivity contribution in [1.82, 2.24) is 0 Å². The maximum atomic E-state index is 14.0. The Kier molecular flexibility index (Phi) is 33.4. The average molecular weight is 723 g/mol. The van der Waals surface area contributed by atoms with Crippen LogP contribution < -0.4 is 0 Å². The van der Waals surface area contributed by atoms with E-state index < -0.39 is 47.4 Å². The Morgan fingerprint density at radius 2 is 0.608 bits per heavy atom. The van der Waals surface area contributed by atoms with Crippen LogP contribution >= 0.6 is 0 Å². The minimum atomic E-state index is -2.62. The summed E-state index contributed by atoms with van der Waals surface area (Å²) < 4.78 is 0. The number of hydrogen-bond acceptors (Lipinski definition) is 7. The zero-order chi connectivity index (χ0) is 38.0. The Morgan fingerprint density at radius 3 is 0.843 bits per heavy atom. The lowest BCUT2D eigenvalue weighted by molar-refractivity contribution is -0.162. The first-order chi connectivity index (χ1) is 24.7. The van der Waals surface area contributed by atoms with Gasteiger partial charge in [0.25, 0.3) is 0 Å². The Bertz CT molecular complexity index is 828. The Morgan fingerprint density at radius 1 is 0.392 bits per heavy atom. The summed E-state index contributed by atoms with van der Waals surface area (Å²) in [4.78, 5) is 55.8. The third-order valence-corrected chi connectivity index (χ3v) is 10.7. The Balaban J connectivity index is 5.27. The van der Waals surface area contributed by atoms with Crippen LogP contribution in [0.1, 0.15) is 233 Å². The first-order valence-corrected chi connectivity index (χ1v) is 21.9. The molecule has 7 heteroatoms. The second-order valence-electron chi connectivity index (χ2n) is 15.4. The molecule has 0 aliphatic heterocycles. The lowest BCUT2D eigenvalue weighted by atomic mass is 9.66. The number of aliphatic hydroxyl groups is 3. The van der Waals surface area contributed by atoms with E-state index >= 15 is 0 Å². The lowest BCUT2D eigenvalue weighted by Crippen LogP contribution is -2.58. The third kappa shape index (κ3) is 22.4. The summed E-state index contributed by atoms with van der Waals surface area (Å²) in [7, 11) is 0. The molecule has 0 saturated carbocycles. The number of unbranched alkanes of at least 4 members (excludes halogenated alkanes) is 27. The number of hydrogen-bond donors (Lipinski definition) is 3. The molecule has 0 heterocycles. The highest BCUT2D eigenvalue weighted by Gasteiger charge is 2.58. The molecule has 0 aliphatic carbocycles. The number of ketones is 4. The molecular weight excluding hydrogens is 640 g/mol. The Labute approximate surface area is 313 Å². The minimum absolute atomic E-state index is 0.101. The van der Waals surface area contributed by atoms with Crippen LogP contribution in [-0.4, -0.2) is 57.3 Å². The van der Waals surface area contributed by atoms with Gasteiger partial charge in [-0.25, -0.2) is 0 Å². The zero-order valence-corrected chi connectivity index (χ0v) is 33.7. The van der Waals surface area contributed by atoms with Crippen LogP contribution in [0.2, 0.25) is 0 Å². The number of rotatable bonds is 40. The molecule has 0 spiro atoms. The summed E-state index contributed by atoms with van der Waals surface area (Å²) in [6.07, 6.45) is 27.9. The molecule has 0 amide bonds. The van der Waals surface area contributed by atoms with E-state index in [4.69, 9.17) is 0 Å². The van der Waals surface area contributed by atoms with Gasteiger partial charge in [0.15, 0.2) is 23.1 Å². The third-order valence-electron chi connectivity index (χ3n) is 10.7. The first kappa shape index (κ1) is 49.6. The van der Waals surface area contributed by atoms with E-state index in [-0.39, 0.29) is 19.3 Å². The molecule has 7 nitrogen and oxygen atoms in total. The molecule has 300 valence electrons. The van der Waals surface area contributed by atoms with Gasteiger partial charge in [-0.15, -0.1) is 0 Å². The fourth-order valence-corrected chi connectivity index (χ4v) is 7.26. The molecule has 0 aromatic heterocycles. The Hall–Kier alpha value is -1.44. The van der Waals surface area contributed by atoms with Gasteiger partial charge >= 0.3 is 0 Å². The summed E-state index contributed by atoms with van der Waals surface area (Å²) in [6.45, 7) is 5.59. The topological polar surface area (TPSA) is 129 Å². The van der Waals surface area contributed by atoms with E-state index in [0.717, 1.165) is 70.6 Å². The predicted octanol–water partition coefficient (Wildman–Crippen LogP) is 10.9. The monoisotopic (exact) mass is 723 g/mol.